The average molecular weight is 273 g/mol. The smallest absolute Gasteiger partial charge is 0.220 e. The van der Waals surface area contributed by atoms with Crippen LogP contribution in [0.1, 0.15) is 24.3 Å². The molecule has 0 aliphatic heterocycles. The molecule has 2 N–H and O–H groups in total. The molecule has 0 bridgehead atoms. The van der Waals surface area contributed by atoms with E-state index >= 15 is 0 Å². The zero-order chi connectivity index (χ0) is 13.3. The van der Waals surface area contributed by atoms with E-state index in [1.165, 1.54) is 4.31 Å². The third-order valence-electron chi connectivity index (χ3n) is 3.32. The van der Waals surface area contributed by atoms with E-state index in [1.54, 1.807) is 20.0 Å². The van der Waals surface area contributed by atoms with Crippen LogP contribution in [0.25, 0.3) is 0 Å². The van der Waals surface area contributed by atoms with Gasteiger partial charge in [0.05, 0.1) is 0 Å². The Hall–Kier alpha value is -0.920. The second kappa shape index (κ2) is 4.99. The zero-order valence-electron chi connectivity index (χ0n) is 10.7. The first kappa shape index (κ1) is 13.5. The molecule has 2 rings (SSSR count). The van der Waals surface area contributed by atoms with Crippen LogP contribution in [0.5, 0.6) is 0 Å². The first-order valence-corrected chi connectivity index (χ1v) is 7.63. The number of aromatic nitrogens is 1. The molecule has 1 aromatic heterocycles. The predicted octanol–water partition coefficient (Wildman–Crippen LogP) is 0.482. The van der Waals surface area contributed by atoms with Crippen molar-refractivity contribution in [2.45, 2.75) is 31.6 Å². The standard InChI is InChI=1S/C11H19N3O3S/c1-8-5-10(13-17-8)7-18(15,16)14(2)11(6-12)9-3-4-9/h5,9,11H,3-4,6-7,12H2,1-2H3. The highest BCUT2D eigenvalue weighted by molar-refractivity contribution is 7.88. The van der Waals surface area contributed by atoms with Crippen LogP contribution in [0.2, 0.25) is 0 Å². The minimum atomic E-state index is -3.39. The van der Waals surface area contributed by atoms with Crippen molar-refractivity contribution < 1.29 is 12.9 Å². The van der Waals surface area contributed by atoms with Crippen molar-refractivity contribution in [2.24, 2.45) is 11.7 Å². The summed E-state index contributed by atoms with van der Waals surface area (Å²) in [7, 11) is -1.79. The van der Waals surface area contributed by atoms with E-state index in [0.717, 1.165) is 12.8 Å². The summed E-state index contributed by atoms with van der Waals surface area (Å²) >= 11 is 0. The van der Waals surface area contributed by atoms with Gasteiger partial charge in [-0.3, -0.25) is 0 Å². The van der Waals surface area contributed by atoms with Crippen LogP contribution in [0.3, 0.4) is 0 Å². The molecule has 1 aliphatic rings. The summed E-state index contributed by atoms with van der Waals surface area (Å²) in [6.07, 6.45) is 2.12. The molecule has 0 spiro atoms. The number of likely N-dealkylation sites (N-methyl/N-ethyl adjacent to an activating group) is 1. The number of hydrogen-bond donors (Lipinski definition) is 1. The maximum atomic E-state index is 12.2. The van der Waals surface area contributed by atoms with Crippen LogP contribution < -0.4 is 5.73 Å². The maximum absolute atomic E-state index is 12.2. The van der Waals surface area contributed by atoms with Crippen molar-refractivity contribution in [1.82, 2.24) is 9.46 Å². The van der Waals surface area contributed by atoms with E-state index in [0.29, 0.717) is 23.9 Å². The minimum absolute atomic E-state index is 0.0944. The molecule has 0 amide bonds. The third-order valence-corrected chi connectivity index (χ3v) is 5.13. The lowest BCUT2D eigenvalue weighted by Gasteiger charge is -2.25. The molecule has 1 aromatic rings. The Balaban J connectivity index is 2.09. The van der Waals surface area contributed by atoms with E-state index in [9.17, 15) is 8.42 Å². The molecule has 1 atom stereocenters. The van der Waals surface area contributed by atoms with Crippen LogP contribution in [0, 0.1) is 12.8 Å². The highest BCUT2D eigenvalue weighted by Crippen LogP contribution is 2.35. The number of aryl methyl sites for hydroxylation is 1. The fraction of sp³-hybridized carbons (Fsp3) is 0.727. The Kier molecular flexibility index (Phi) is 3.74. The van der Waals surface area contributed by atoms with Gasteiger partial charge in [0.25, 0.3) is 0 Å². The summed E-state index contributed by atoms with van der Waals surface area (Å²) < 4.78 is 30.7. The van der Waals surface area contributed by atoms with Crippen molar-refractivity contribution in [3.05, 3.63) is 17.5 Å². The summed E-state index contributed by atoms with van der Waals surface area (Å²) in [5, 5.41) is 3.72. The average Bonchev–Trinajstić information content (AvgIpc) is 3.04. The van der Waals surface area contributed by atoms with Crippen LogP contribution in [0.4, 0.5) is 0 Å². The molecule has 7 heteroatoms. The summed E-state index contributed by atoms with van der Waals surface area (Å²) in [5.74, 6) is 0.888. The van der Waals surface area contributed by atoms with E-state index in [-0.39, 0.29) is 11.8 Å². The van der Waals surface area contributed by atoms with Crippen LogP contribution in [0.15, 0.2) is 10.6 Å². The Labute approximate surface area is 107 Å². The Bertz CT molecular complexity index is 507. The maximum Gasteiger partial charge on any atom is 0.220 e. The van der Waals surface area contributed by atoms with Gasteiger partial charge >= 0.3 is 0 Å². The molecule has 0 radical (unpaired) electrons. The molecule has 0 saturated heterocycles. The molecule has 0 aromatic carbocycles. The Morgan fingerprint density at radius 1 is 1.61 bits per heavy atom. The van der Waals surface area contributed by atoms with Crippen LogP contribution >= 0.6 is 0 Å². The van der Waals surface area contributed by atoms with Gasteiger partial charge in [0.15, 0.2) is 0 Å². The number of rotatable bonds is 6. The van der Waals surface area contributed by atoms with E-state index < -0.39 is 10.0 Å². The molecule has 1 heterocycles. The zero-order valence-corrected chi connectivity index (χ0v) is 11.5. The van der Waals surface area contributed by atoms with Gasteiger partial charge in [-0.15, -0.1) is 0 Å². The van der Waals surface area contributed by atoms with E-state index in [4.69, 9.17) is 10.3 Å². The molecule has 1 aliphatic carbocycles. The fourth-order valence-electron chi connectivity index (χ4n) is 2.10. The number of hydrogen-bond acceptors (Lipinski definition) is 5. The number of nitrogens with zero attached hydrogens (tertiary/aromatic N) is 2. The molecule has 1 unspecified atom stereocenters. The summed E-state index contributed by atoms with van der Waals surface area (Å²) in [4.78, 5) is 0. The number of sulfonamides is 1. The number of nitrogens with two attached hydrogens (primary N) is 1. The Morgan fingerprint density at radius 3 is 2.72 bits per heavy atom. The van der Waals surface area contributed by atoms with Gasteiger partial charge in [0.2, 0.25) is 10.0 Å². The molecule has 18 heavy (non-hydrogen) atoms. The van der Waals surface area contributed by atoms with Crippen molar-refractivity contribution in [2.75, 3.05) is 13.6 Å². The van der Waals surface area contributed by atoms with Gasteiger partial charge in [0, 0.05) is 25.7 Å². The van der Waals surface area contributed by atoms with Gasteiger partial charge in [-0.2, -0.15) is 0 Å². The quantitative estimate of drug-likeness (QED) is 0.814. The normalized spacial score (nSPS) is 18.2. The minimum Gasteiger partial charge on any atom is -0.361 e. The predicted molar refractivity (Wildman–Crippen MR) is 67.2 cm³/mol. The van der Waals surface area contributed by atoms with Crippen LogP contribution in [-0.2, 0) is 15.8 Å². The molecular formula is C11H19N3O3S. The molecular weight excluding hydrogens is 254 g/mol. The molecule has 1 fully saturated rings. The van der Waals surface area contributed by atoms with E-state index in [2.05, 4.69) is 5.16 Å². The van der Waals surface area contributed by atoms with E-state index in [1.807, 2.05) is 0 Å². The first-order valence-electron chi connectivity index (χ1n) is 6.02. The second-order valence-corrected chi connectivity index (χ2v) is 6.87. The van der Waals surface area contributed by atoms with Crippen molar-refractivity contribution in [1.29, 1.82) is 0 Å². The van der Waals surface area contributed by atoms with Crippen molar-refractivity contribution in [3.8, 4) is 0 Å². The molecule has 1 saturated carbocycles. The lowest BCUT2D eigenvalue weighted by Crippen LogP contribution is -2.43. The highest BCUT2D eigenvalue weighted by Gasteiger charge is 2.37. The largest absolute Gasteiger partial charge is 0.361 e. The summed E-state index contributed by atoms with van der Waals surface area (Å²) in [5.41, 5.74) is 6.10. The SMILES string of the molecule is Cc1cc(CS(=O)(=O)N(C)C(CN)C2CC2)no1. The van der Waals surface area contributed by atoms with Gasteiger partial charge in [-0.05, 0) is 25.7 Å². The van der Waals surface area contributed by atoms with Crippen LogP contribution in [-0.4, -0.2) is 37.5 Å². The third kappa shape index (κ3) is 2.90. The van der Waals surface area contributed by atoms with Crippen molar-refractivity contribution in [3.63, 3.8) is 0 Å². The monoisotopic (exact) mass is 273 g/mol. The topological polar surface area (TPSA) is 89.4 Å². The summed E-state index contributed by atoms with van der Waals surface area (Å²) in [6.45, 7) is 2.10. The molecule has 6 nitrogen and oxygen atoms in total. The van der Waals surface area contributed by atoms with Gasteiger partial charge in [-0.25, -0.2) is 12.7 Å². The second-order valence-electron chi connectivity index (χ2n) is 4.84. The van der Waals surface area contributed by atoms with Gasteiger partial charge in [-0.1, -0.05) is 5.16 Å². The lowest BCUT2D eigenvalue weighted by molar-refractivity contribution is 0.339. The molecule has 102 valence electrons. The first-order chi connectivity index (χ1) is 8.44. The van der Waals surface area contributed by atoms with Gasteiger partial charge < -0.3 is 10.3 Å². The summed E-state index contributed by atoms with van der Waals surface area (Å²) in [6, 6.07) is 1.54. The lowest BCUT2D eigenvalue weighted by atomic mass is 10.2. The Morgan fingerprint density at radius 2 is 2.28 bits per heavy atom. The fourth-order valence-corrected chi connectivity index (χ4v) is 3.48. The van der Waals surface area contributed by atoms with Crippen molar-refractivity contribution >= 4 is 10.0 Å². The van der Waals surface area contributed by atoms with Gasteiger partial charge in [0.1, 0.15) is 17.2 Å². The highest BCUT2D eigenvalue weighted by atomic mass is 32.2.